The fraction of sp³-hybridized carbons (Fsp3) is 0.261. The van der Waals surface area contributed by atoms with Crippen LogP contribution >= 0.6 is 0 Å². The van der Waals surface area contributed by atoms with Gasteiger partial charge in [-0.1, -0.05) is 11.6 Å². The fourth-order valence-corrected chi connectivity index (χ4v) is 2.77. The molecule has 2 aromatic carbocycles. The van der Waals surface area contributed by atoms with Crippen molar-refractivity contribution in [3.63, 3.8) is 0 Å². The standard InChI is InChI=1S/C23H24O5/c1-5-26-17-7-8-18-20(14-17)28-22(23(18)24)13-16-6-9-19(21(12-16)25-4)27-11-10-15(2)3/h6-10,12-14H,5,11H2,1-4H3/b22-13-. The van der Waals surface area contributed by atoms with Gasteiger partial charge in [0.25, 0.3) is 0 Å². The Labute approximate surface area is 165 Å². The summed E-state index contributed by atoms with van der Waals surface area (Å²) >= 11 is 0. The van der Waals surface area contributed by atoms with Crippen molar-refractivity contribution >= 4 is 11.9 Å². The molecule has 3 rings (SSSR count). The predicted molar refractivity (Wildman–Crippen MR) is 108 cm³/mol. The molecule has 28 heavy (non-hydrogen) atoms. The van der Waals surface area contributed by atoms with Gasteiger partial charge in [0.05, 0.1) is 19.3 Å². The number of carbonyl (C=O) groups excluding carboxylic acids is 1. The SMILES string of the molecule is CCOc1ccc2c(c1)O/C(=C\c1ccc(OCC=C(C)C)c(OC)c1)C2=O. The number of carbonyl (C=O) groups is 1. The lowest BCUT2D eigenvalue weighted by molar-refractivity contribution is 0.101. The molecule has 1 heterocycles. The molecule has 0 saturated carbocycles. The van der Waals surface area contributed by atoms with E-state index in [0.717, 1.165) is 5.56 Å². The van der Waals surface area contributed by atoms with Gasteiger partial charge in [0.15, 0.2) is 17.3 Å². The smallest absolute Gasteiger partial charge is 0.231 e. The number of methoxy groups -OCH3 is 1. The Morgan fingerprint density at radius 2 is 1.89 bits per heavy atom. The van der Waals surface area contributed by atoms with Crippen molar-refractivity contribution in [1.82, 2.24) is 0 Å². The molecular weight excluding hydrogens is 356 g/mol. The first kappa shape index (κ1) is 19.5. The van der Waals surface area contributed by atoms with Gasteiger partial charge in [-0.15, -0.1) is 0 Å². The van der Waals surface area contributed by atoms with Gasteiger partial charge in [-0.2, -0.15) is 0 Å². The first-order valence-corrected chi connectivity index (χ1v) is 9.17. The van der Waals surface area contributed by atoms with Crippen LogP contribution in [0.1, 0.15) is 36.7 Å². The van der Waals surface area contributed by atoms with Crippen molar-refractivity contribution < 1.29 is 23.7 Å². The highest BCUT2D eigenvalue weighted by molar-refractivity contribution is 6.14. The van der Waals surface area contributed by atoms with E-state index < -0.39 is 0 Å². The summed E-state index contributed by atoms with van der Waals surface area (Å²) in [4.78, 5) is 12.6. The molecule has 5 heteroatoms. The number of hydrogen-bond donors (Lipinski definition) is 0. The summed E-state index contributed by atoms with van der Waals surface area (Å²) in [6.07, 6.45) is 3.69. The summed E-state index contributed by atoms with van der Waals surface area (Å²) in [5.41, 5.74) is 2.50. The molecule has 0 atom stereocenters. The number of Topliss-reactive ketones (excluding diaryl/α,β-unsaturated/α-hetero) is 1. The Bertz CT molecular complexity index is 936. The van der Waals surface area contributed by atoms with Gasteiger partial charge in [0, 0.05) is 6.07 Å². The number of allylic oxidation sites excluding steroid dienone is 2. The Hall–Kier alpha value is -3.21. The van der Waals surface area contributed by atoms with Gasteiger partial charge in [0.1, 0.15) is 18.1 Å². The van der Waals surface area contributed by atoms with Gasteiger partial charge in [-0.3, -0.25) is 4.79 Å². The van der Waals surface area contributed by atoms with E-state index in [2.05, 4.69) is 0 Å². The van der Waals surface area contributed by atoms with E-state index in [-0.39, 0.29) is 11.5 Å². The second kappa shape index (κ2) is 8.65. The molecule has 0 aliphatic carbocycles. The molecule has 0 bridgehead atoms. The number of fused-ring (bicyclic) bond motifs is 1. The maximum atomic E-state index is 12.6. The van der Waals surface area contributed by atoms with Crippen LogP contribution in [0.15, 0.2) is 53.8 Å². The van der Waals surface area contributed by atoms with E-state index in [9.17, 15) is 4.79 Å². The summed E-state index contributed by atoms with van der Waals surface area (Å²) in [6, 6.07) is 10.7. The van der Waals surface area contributed by atoms with Gasteiger partial charge >= 0.3 is 0 Å². The van der Waals surface area contributed by atoms with Crippen LogP contribution in [0.3, 0.4) is 0 Å². The molecule has 0 radical (unpaired) electrons. The Morgan fingerprint density at radius 1 is 1.07 bits per heavy atom. The Morgan fingerprint density at radius 3 is 2.61 bits per heavy atom. The molecule has 5 nitrogen and oxygen atoms in total. The van der Waals surface area contributed by atoms with Crippen molar-refractivity contribution in [2.24, 2.45) is 0 Å². The fourth-order valence-electron chi connectivity index (χ4n) is 2.77. The highest BCUT2D eigenvalue weighted by Gasteiger charge is 2.27. The highest BCUT2D eigenvalue weighted by atomic mass is 16.5. The molecule has 146 valence electrons. The van der Waals surface area contributed by atoms with E-state index >= 15 is 0 Å². The maximum absolute atomic E-state index is 12.6. The van der Waals surface area contributed by atoms with Crippen LogP contribution in [0, 0.1) is 0 Å². The van der Waals surface area contributed by atoms with Crippen LogP contribution in [0.4, 0.5) is 0 Å². The van der Waals surface area contributed by atoms with E-state index in [1.54, 1.807) is 31.4 Å². The maximum Gasteiger partial charge on any atom is 0.231 e. The third-order valence-electron chi connectivity index (χ3n) is 4.17. The summed E-state index contributed by atoms with van der Waals surface area (Å²) < 4.78 is 22.4. The number of hydrogen-bond acceptors (Lipinski definition) is 5. The van der Waals surface area contributed by atoms with Crippen LogP contribution in [-0.2, 0) is 0 Å². The molecule has 0 saturated heterocycles. The van der Waals surface area contributed by atoms with Gasteiger partial charge < -0.3 is 18.9 Å². The normalized spacial score (nSPS) is 13.7. The monoisotopic (exact) mass is 380 g/mol. The number of ether oxygens (including phenoxy) is 4. The molecule has 1 aliphatic rings. The van der Waals surface area contributed by atoms with E-state index in [0.29, 0.717) is 41.8 Å². The van der Waals surface area contributed by atoms with E-state index in [4.69, 9.17) is 18.9 Å². The minimum atomic E-state index is -0.152. The lowest BCUT2D eigenvalue weighted by atomic mass is 10.1. The summed E-state index contributed by atoms with van der Waals surface area (Å²) in [5.74, 6) is 2.54. The Kier molecular flexibility index (Phi) is 6.04. The molecule has 0 aromatic heterocycles. The molecule has 0 fully saturated rings. The topological polar surface area (TPSA) is 54.0 Å². The molecule has 0 spiro atoms. The third kappa shape index (κ3) is 4.36. The lowest BCUT2D eigenvalue weighted by Gasteiger charge is -2.10. The van der Waals surface area contributed by atoms with E-state index in [1.807, 2.05) is 45.0 Å². The number of ketones is 1. The first-order valence-electron chi connectivity index (χ1n) is 9.17. The quantitative estimate of drug-likeness (QED) is 0.497. The minimum Gasteiger partial charge on any atom is -0.494 e. The minimum absolute atomic E-state index is 0.152. The summed E-state index contributed by atoms with van der Waals surface area (Å²) in [6.45, 7) is 6.97. The summed E-state index contributed by atoms with van der Waals surface area (Å²) in [5, 5.41) is 0. The second-order valence-electron chi connectivity index (χ2n) is 6.53. The molecule has 0 amide bonds. The largest absolute Gasteiger partial charge is 0.494 e. The van der Waals surface area contributed by atoms with Crippen molar-refractivity contribution in [2.75, 3.05) is 20.3 Å². The van der Waals surface area contributed by atoms with Gasteiger partial charge in [-0.05, 0) is 62.8 Å². The Balaban J connectivity index is 1.81. The molecule has 1 aliphatic heterocycles. The average Bonchev–Trinajstić information content (AvgIpc) is 2.97. The van der Waals surface area contributed by atoms with Crippen LogP contribution < -0.4 is 18.9 Å². The molecule has 0 unspecified atom stereocenters. The van der Waals surface area contributed by atoms with Crippen LogP contribution in [0.5, 0.6) is 23.0 Å². The zero-order valence-electron chi connectivity index (χ0n) is 16.6. The molecular formula is C23H24O5. The average molecular weight is 380 g/mol. The third-order valence-corrected chi connectivity index (χ3v) is 4.17. The van der Waals surface area contributed by atoms with Crippen molar-refractivity contribution in [3.8, 4) is 23.0 Å². The molecule has 2 aromatic rings. The van der Waals surface area contributed by atoms with Gasteiger partial charge in [0.2, 0.25) is 5.78 Å². The first-order chi connectivity index (χ1) is 13.5. The second-order valence-corrected chi connectivity index (χ2v) is 6.53. The van der Waals surface area contributed by atoms with Crippen LogP contribution in [-0.4, -0.2) is 26.1 Å². The number of rotatable bonds is 7. The summed E-state index contributed by atoms with van der Waals surface area (Å²) in [7, 11) is 1.59. The highest BCUT2D eigenvalue weighted by Crippen LogP contribution is 2.36. The van der Waals surface area contributed by atoms with Gasteiger partial charge in [-0.25, -0.2) is 0 Å². The van der Waals surface area contributed by atoms with Crippen molar-refractivity contribution in [2.45, 2.75) is 20.8 Å². The molecule has 0 N–H and O–H groups in total. The predicted octanol–water partition coefficient (Wildman–Crippen LogP) is 5.06. The van der Waals surface area contributed by atoms with E-state index in [1.165, 1.54) is 5.57 Å². The van der Waals surface area contributed by atoms with Crippen molar-refractivity contribution in [3.05, 3.63) is 64.9 Å². The number of benzene rings is 2. The zero-order valence-corrected chi connectivity index (χ0v) is 16.6. The van der Waals surface area contributed by atoms with Crippen LogP contribution in [0.2, 0.25) is 0 Å². The van der Waals surface area contributed by atoms with Crippen LogP contribution in [0.25, 0.3) is 6.08 Å². The lowest BCUT2D eigenvalue weighted by Crippen LogP contribution is -1.99. The zero-order chi connectivity index (χ0) is 20.1. The van der Waals surface area contributed by atoms with Crippen molar-refractivity contribution in [1.29, 1.82) is 0 Å².